The molecule has 4 rings (SSSR count). The van der Waals surface area contributed by atoms with Gasteiger partial charge in [-0.05, 0) is 36.4 Å². The number of fused-ring (bicyclic) bond motifs is 1. The zero-order chi connectivity index (χ0) is 22.3. The van der Waals surface area contributed by atoms with E-state index in [1.165, 1.54) is 42.5 Å². The number of phenolic OH excluding ortho intramolecular Hbond substituents is 1. The van der Waals surface area contributed by atoms with Crippen molar-refractivity contribution in [2.24, 2.45) is 0 Å². The largest absolute Gasteiger partial charge is 0.508 e. The topological polar surface area (TPSA) is 170 Å². The maximum atomic E-state index is 12.6. The molecule has 0 amide bonds. The van der Waals surface area contributed by atoms with Gasteiger partial charge in [-0.15, -0.1) is 0 Å². The van der Waals surface area contributed by atoms with Crippen molar-refractivity contribution in [2.45, 2.75) is 30.7 Å². The van der Waals surface area contributed by atoms with E-state index in [0.29, 0.717) is 5.56 Å². The molecule has 1 aromatic heterocycles. The lowest BCUT2D eigenvalue weighted by Gasteiger charge is -2.39. The Kier molecular flexibility index (Phi) is 5.56. The van der Waals surface area contributed by atoms with Gasteiger partial charge in [-0.3, -0.25) is 4.79 Å². The third-order valence-electron chi connectivity index (χ3n) is 5.07. The molecule has 10 nitrogen and oxygen atoms in total. The zero-order valence-electron chi connectivity index (χ0n) is 16.0. The van der Waals surface area contributed by atoms with Gasteiger partial charge in [0.15, 0.2) is 5.76 Å². The Labute approximate surface area is 174 Å². The van der Waals surface area contributed by atoms with E-state index in [0.717, 1.165) is 0 Å². The highest BCUT2D eigenvalue weighted by Crippen LogP contribution is 2.33. The van der Waals surface area contributed by atoms with Crippen LogP contribution < -0.4 is 10.2 Å². The van der Waals surface area contributed by atoms with Crippen LogP contribution in [-0.2, 0) is 4.74 Å². The van der Waals surface area contributed by atoms with Crippen molar-refractivity contribution in [3.8, 4) is 28.6 Å². The fraction of sp³-hybridized carbons (Fsp3) is 0.286. The number of rotatable bonds is 4. The Morgan fingerprint density at radius 2 is 1.65 bits per heavy atom. The van der Waals surface area contributed by atoms with Crippen LogP contribution in [0.2, 0.25) is 0 Å². The van der Waals surface area contributed by atoms with Crippen molar-refractivity contribution in [3.05, 3.63) is 52.7 Å². The monoisotopic (exact) mass is 432 g/mol. The number of benzene rings is 2. The molecule has 0 unspecified atom stereocenters. The average Bonchev–Trinajstić information content (AvgIpc) is 2.77. The minimum atomic E-state index is -1.60. The van der Waals surface area contributed by atoms with Crippen molar-refractivity contribution in [1.29, 1.82) is 0 Å². The molecule has 0 radical (unpaired) electrons. The maximum Gasteiger partial charge on any atom is 0.235 e. The number of phenols is 1. The molecular weight excluding hydrogens is 412 g/mol. The predicted molar refractivity (Wildman–Crippen MR) is 106 cm³/mol. The molecule has 31 heavy (non-hydrogen) atoms. The Morgan fingerprint density at radius 1 is 0.935 bits per heavy atom. The standard InChI is InChI=1S/C21H20O10/c22-8-14-16(25)17(26)19(28)21(31-14)29-11-5-6-12-13(7-11)30-20(18(27)15(12)24)9-1-3-10(23)4-2-9/h1-7,14,16-17,19,21-23,25-28H,8H2/t14-,16-,17-,19-,21-/m1/s1. The van der Waals surface area contributed by atoms with Crippen LogP contribution in [0, 0.1) is 0 Å². The summed E-state index contributed by atoms with van der Waals surface area (Å²) in [4.78, 5) is 12.6. The van der Waals surface area contributed by atoms with Crippen LogP contribution in [0.3, 0.4) is 0 Å². The number of aliphatic hydroxyl groups is 4. The summed E-state index contributed by atoms with van der Waals surface area (Å²) in [6.07, 6.45) is -7.28. The Balaban J connectivity index is 1.70. The van der Waals surface area contributed by atoms with Gasteiger partial charge < -0.3 is 44.5 Å². The molecule has 1 aliphatic rings. The average molecular weight is 432 g/mol. The van der Waals surface area contributed by atoms with E-state index in [2.05, 4.69) is 0 Å². The zero-order valence-corrected chi connectivity index (χ0v) is 16.0. The summed E-state index contributed by atoms with van der Waals surface area (Å²) >= 11 is 0. The lowest BCUT2D eigenvalue weighted by atomic mass is 9.99. The molecule has 6 N–H and O–H groups in total. The van der Waals surface area contributed by atoms with Crippen LogP contribution in [0.4, 0.5) is 0 Å². The third-order valence-corrected chi connectivity index (χ3v) is 5.07. The normalized spacial score (nSPS) is 26.1. The number of hydrogen-bond donors (Lipinski definition) is 6. The molecule has 10 heteroatoms. The van der Waals surface area contributed by atoms with Gasteiger partial charge >= 0.3 is 0 Å². The third kappa shape index (κ3) is 3.82. The lowest BCUT2D eigenvalue weighted by Crippen LogP contribution is -2.60. The van der Waals surface area contributed by atoms with Crippen molar-refractivity contribution >= 4 is 11.0 Å². The van der Waals surface area contributed by atoms with Crippen molar-refractivity contribution in [2.75, 3.05) is 6.61 Å². The van der Waals surface area contributed by atoms with E-state index in [1.807, 2.05) is 0 Å². The van der Waals surface area contributed by atoms with E-state index >= 15 is 0 Å². The van der Waals surface area contributed by atoms with E-state index in [4.69, 9.17) is 13.9 Å². The predicted octanol–water partition coefficient (Wildman–Crippen LogP) is 0.0499. The first-order valence-electron chi connectivity index (χ1n) is 9.36. The molecule has 0 saturated carbocycles. The summed E-state index contributed by atoms with van der Waals surface area (Å²) in [6, 6.07) is 9.74. The first-order chi connectivity index (χ1) is 14.8. The van der Waals surface area contributed by atoms with Crippen molar-refractivity contribution in [1.82, 2.24) is 0 Å². The van der Waals surface area contributed by atoms with Gasteiger partial charge in [0.25, 0.3) is 0 Å². The minimum absolute atomic E-state index is 0.00147. The summed E-state index contributed by atoms with van der Waals surface area (Å²) in [6.45, 7) is -0.604. The van der Waals surface area contributed by atoms with Gasteiger partial charge in [0.1, 0.15) is 41.5 Å². The SMILES string of the molecule is O=c1c(O)c(-c2ccc(O)cc2)oc2cc(O[C@@H]3O[C@H](CO)[C@@H](O)[C@@H](O)[C@H]3O)ccc12. The highest BCUT2D eigenvalue weighted by Gasteiger charge is 2.44. The fourth-order valence-electron chi connectivity index (χ4n) is 3.34. The molecule has 5 atom stereocenters. The van der Waals surface area contributed by atoms with E-state index in [1.54, 1.807) is 0 Å². The minimum Gasteiger partial charge on any atom is -0.508 e. The molecule has 0 aliphatic carbocycles. The smallest absolute Gasteiger partial charge is 0.235 e. The molecule has 0 bridgehead atoms. The first kappa shape index (κ1) is 21.1. The molecular formula is C21H20O10. The summed E-state index contributed by atoms with van der Waals surface area (Å²) in [5, 5.41) is 58.9. The summed E-state index contributed by atoms with van der Waals surface area (Å²) < 4.78 is 16.5. The highest BCUT2D eigenvalue weighted by molar-refractivity contribution is 5.83. The van der Waals surface area contributed by atoms with Gasteiger partial charge in [-0.2, -0.15) is 0 Å². The van der Waals surface area contributed by atoms with Crippen molar-refractivity contribution < 1.29 is 44.5 Å². The van der Waals surface area contributed by atoms with Crippen LogP contribution in [0.5, 0.6) is 17.2 Å². The van der Waals surface area contributed by atoms with Crippen LogP contribution in [0.1, 0.15) is 0 Å². The lowest BCUT2D eigenvalue weighted by molar-refractivity contribution is -0.277. The highest BCUT2D eigenvalue weighted by atomic mass is 16.7. The molecule has 1 aliphatic heterocycles. The van der Waals surface area contributed by atoms with Crippen LogP contribution in [0.15, 0.2) is 51.7 Å². The maximum absolute atomic E-state index is 12.6. The summed E-state index contributed by atoms with van der Waals surface area (Å²) in [7, 11) is 0. The Hall–Kier alpha value is -3.15. The second kappa shape index (κ2) is 8.17. The Bertz CT molecular complexity index is 1140. The number of hydrogen-bond acceptors (Lipinski definition) is 10. The second-order valence-electron chi connectivity index (χ2n) is 7.13. The first-order valence-corrected chi connectivity index (χ1v) is 9.36. The van der Waals surface area contributed by atoms with Crippen LogP contribution in [-0.4, -0.2) is 68.0 Å². The summed E-state index contributed by atoms with van der Waals surface area (Å²) in [5.41, 5.74) is -0.258. The molecule has 1 fully saturated rings. The van der Waals surface area contributed by atoms with E-state index < -0.39 is 48.5 Å². The Morgan fingerprint density at radius 3 is 2.32 bits per heavy atom. The molecule has 2 aromatic carbocycles. The molecule has 1 saturated heterocycles. The number of aromatic hydroxyl groups is 2. The number of aliphatic hydroxyl groups excluding tert-OH is 4. The van der Waals surface area contributed by atoms with Gasteiger partial charge in [0, 0.05) is 11.6 Å². The summed E-state index contributed by atoms with van der Waals surface area (Å²) in [5.74, 6) is -0.604. The number of ether oxygens (including phenoxy) is 2. The van der Waals surface area contributed by atoms with E-state index in [-0.39, 0.29) is 28.2 Å². The van der Waals surface area contributed by atoms with Crippen LogP contribution in [0.25, 0.3) is 22.3 Å². The second-order valence-corrected chi connectivity index (χ2v) is 7.13. The molecule has 0 spiro atoms. The molecule has 164 valence electrons. The van der Waals surface area contributed by atoms with E-state index in [9.17, 15) is 35.4 Å². The van der Waals surface area contributed by atoms with Gasteiger partial charge in [0.05, 0.1) is 12.0 Å². The van der Waals surface area contributed by atoms with Crippen molar-refractivity contribution in [3.63, 3.8) is 0 Å². The van der Waals surface area contributed by atoms with Gasteiger partial charge in [0.2, 0.25) is 17.5 Å². The molecule has 2 heterocycles. The van der Waals surface area contributed by atoms with Crippen LogP contribution >= 0.6 is 0 Å². The van der Waals surface area contributed by atoms with Gasteiger partial charge in [-0.1, -0.05) is 0 Å². The van der Waals surface area contributed by atoms with Gasteiger partial charge in [-0.25, -0.2) is 0 Å². The quantitative estimate of drug-likeness (QED) is 0.331. The fourth-order valence-corrected chi connectivity index (χ4v) is 3.34. The molecule has 3 aromatic rings.